The van der Waals surface area contributed by atoms with E-state index in [4.69, 9.17) is 11.5 Å². The number of benzene rings is 3. The van der Waals surface area contributed by atoms with Crippen molar-refractivity contribution in [1.29, 1.82) is 0 Å². The van der Waals surface area contributed by atoms with Crippen LogP contribution in [-0.4, -0.2) is 58.7 Å². The summed E-state index contributed by atoms with van der Waals surface area (Å²) in [7, 11) is 1.51. The molecule has 350 valence electrons. The first-order chi connectivity index (χ1) is 32.9. The van der Waals surface area contributed by atoms with Gasteiger partial charge in [0.2, 0.25) is 11.8 Å². The number of aryl methyl sites for hydroxylation is 2. The number of carbonyl (C=O) groups is 2. The third kappa shape index (κ3) is 12.1. The highest BCUT2D eigenvalue weighted by molar-refractivity contribution is 5.77. The summed E-state index contributed by atoms with van der Waals surface area (Å²) in [6.45, 7) is 1.60. The van der Waals surface area contributed by atoms with Crippen molar-refractivity contribution < 1.29 is 14.7 Å². The highest BCUT2D eigenvalue weighted by atomic mass is 16.3. The Hall–Kier alpha value is -8.38. The fourth-order valence-corrected chi connectivity index (χ4v) is 7.67. The molecule has 9 N–H and O–H groups in total. The number of nitrogen functional groups attached to an aromatic ring is 2. The van der Waals surface area contributed by atoms with E-state index in [0.29, 0.717) is 71.1 Å². The minimum absolute atomic E-state index is 0.0249. The molecule has 0 radical (unpaired) electrons. The molecule has 4 aromatic heterocycles. The lowest BCUT2D eigenvalue weighted by Gasteiger charge is -2.18. The summed E-state index contributed by atoms with van der Waals surface area (Å²) in [6.07, 6.45) is 4.37. The molecule has 18 nitrogen and oxygen atoms in total. The Bertz CT molecular complexity index is 3100. The van der Waals surface area contributed by atoms with Gasteiger partial charge in [-0.25, -0.2) is 24.3 Å². The predicted molar refractivity (Wildman–Crippen MR) is 262 cm³/mol. The van der Waals surface area contributed by atoms with E-state index in [2.05, 4.69) is 36.2 Å². The summed E-state index contributed by atoms with van der Waals surface area (Å²) < 4.78 is 3.48. The van der Waals surface area contributed by atoms with Crippen molar-refractivity contribution in [2.24, 2.45) is 7.05 Å². The van der Waals surface area contributed by atoms with Gasteiger partial charge < -0.3 is 42.4 Å². The van der Waals surface area contributed by atoms with Crippen molar-refractivity contribution in [2.45, 2.75) is 59.0 Å². The maximum atomic E-state index is 14.2. The Morgan fingerprint density at radius 1 is 0.676 bits per heavy atom. The summed E-state index contributed by atoms with van der Waals surface area (Å²) in [6, 6.07) is 31.5. The Morgan fingerprint density at radius 3 is 1.91 bits per heavy atom. The van der Waals surface area contributed by atoms with E-state index < -0.39 is 35.2 Å². The molecule has 0 saturated carbocycles. The summed E-state index contributed by atoms with van der Waals surface area (Å²) in [5, 5.41) is 22.4. The fraction of sp³-hybridized carbons (Fsp3) is 0.240. The van der Waals surface area contributed by atoms with Crippen LogP contribution in [0.4, 0.5) is 23.1 Å². The molecule has 0 aliphatic heterocycles. The van der Waals surface area contributed by atoms with Crippen LogP contribution < -0.4 is 49.5 Å². The number of carbonyl (C=O) groups excluding carboxylic acids is 2. The number of hydrogen-bond donors (Lipinski definition) is 7. The molecule has 0 aliphatic rings. The van der Waals surface area contributed by atoms with Crippen LogP contribution in [0.15, 0.2) is 130 Å². The second-order valence-corrected chi connectivity index (χ2v) is 16.2. The highest BCUT2D eigenvalue weighted by Crippen LogP contribution is 2.26. The van der Waals surface area contributed by atoms with Gasteiger partial charge in [0.15, 0.2) is 5.82 Å². The number of anilines is 4. The van der Waals surface area contributed by atoms with Gasteiger partial charge in [0.1, 0.15) is 30.4 Å². The first kappa shape index (κ1) is 47.6. The number of hydrogen-bond acceptors (Lipinski definition) is 13. The van der Waals surface area contributed by atoms with Gasteiger partial charge in [0.25, 0.3) is 11.1 Å². The van der Waals surface area contributed by atoms with Crippen LogP contribution in [0, 0.1) is 6.92 Å². The van der Waals surface area contributed by atoms with E-state index in [9.17, 15) is 29.1 Å². The third-order valence-electron chi connectivity index (χ3n) is 11.4. The van der Waals surface area contributed by atoms with Gasteiger partial charge in [-0.1, -0.05) is 84.9 Å². The van der Waals surface area contributed by atoms with Crippen LogP contribution in [-0.2, 0) is 68.7 Å². The predicted octanol–water partition coefficient (Wildman–Crippen LogP) is 3.06. The normalized spacial score (nSPS) is 11.0. The van der Waals surface area contributed by atoms with Gasteiger partial charge >= 0.3 is 5.69 Å². The zero-order valence-corrected chi connectivity index (χ0v) is 37.9. The summed E-state index contributed by atoms with van der Waals surface area (Å²) in [5.74, 6) is -0.356. The maximum absolute atomic E-state index is 14.2. The van der Waals surface area contributed by atoms with E-state index in [1.807, 2.05) is 60.7 Å². The molecule has 0 spiro atoms. The standard InChI is InChI=1S/C50H54N12O6/c1-32-36(15-17-43(51)58-32)25-55-45(64)29-61-42(27-57-47(49(61)67)54-22-20-34-11-7-4-8-12-34)35-13-14-38(31-63)39(23-35)24-40-37(16-18-44(52)59-40)26-56-46(65)30-62-48(66)41(28-60(2)50(62)68)53-21-19-33-9-5-3-6-10-33/h3-18,23,27-28,53,63H,19-22,24-26,29-31H2,1-2H3,(H2,51,58)(H2,52,59)(H,54,57)(H,55,64)(H,56,65). The number of pyridine rings is 2. The van der Waals surface area contributed by atoms with Crippen LogP contribution in [0.25, 0.3) is 11.3 Å². The molecule has 68 heavy (non-hydrogen) atoms. The molecule has 3 aromatic carbocycles. The number of rotatable bonds is 20. The van der Waals surface area contributed by atoms with E-state index >= 15 is 0 Å². The SMILES string of the molecule is Cc1nc(N)ccc1CNC(=O)Cn1c(-c2ccc(CO)c(Cc3nc(N)ccc3CNC(=O)Cn3c(=O)c(NCCc4ccccc4)cn(C)c3=O)c2)cnc(NCCc2ccccc2)c1=O. The molecule has 7 rings (SSSR count). The number of nitrogens with one attached hydrogen (secondary N) is 4. The molecule has 4 heterocycles. The van der Waals surface area contributed by atoms with Crippen molar-refractivity contribution in [3.8, 4) is 11.3 Å². The van der Waals surface area contributed by atoms with E-state index in [1.165, 1.54) is 28.6 Å². The summed E-state index contributed by atoms with van der Waals surface area (Å²) in [4.78, 5) is 81.0. The highest BCUT2D eigenvalue weighted by Gasteiger charge is 2.19. The molecule has 18 heteroatoms. The number of aromatic nitrogens is 6. The maximum Gasteiger partial charge on any atom is 0.331 e. The molecule has 2 amide bonds. The lowest BCUT2D eigenvalue weighted by atomic mass is 9.97. The van der Waals surface area contributed by atoms with Gasteiger partial charge in [-0.15, -0.1) is 0 Å². The zero-order valence-electron chi connectivity index (χ0n) is 37.9. The first-order valence-electron chi connectivity index (χ1n) is 22.1. The Balaban J connectivity index is 1.11. The molecule has 0 bridgehead atoms. The minimum Gasteiger partial charge on any atom is -0.392 e. The smallest absolute Gasteiger partial charge is 0.331 e. The summed E-state index contributed by atoms with van der Waals surface area (Å²) >= 11 is 0. The quantitative estimate of drug-likeness (QED) is 0.0581. The Morgan fingerprint density at radius 2 is 1.26 bits per heavy atom. The zero-order chi connectivity index (χ0) is 48.2. The van der Waals surface area contributed by atoms with Crippen molar-refractivity contribution in [3.63, 3.8) is 0 Å². The molecule has 0 unspecified atom stereocenters. The Labute approximate surface area is 391 Å². The molecule has 0 aliphatic carbocycles. The molecular formula is C50H54N12O6. The van der Waals surface area contributed by atoms with Crippen molar-refractivity contribution in [1.82, 2.24) is 39.3 Å². The average Bonchev–Trinajstić information content (AvgIpc) is 3.33. The van der Waals surface area contributed by atoms with Crippen molar-refractivity contribution in [3.05, 3.63) is 191 Å². The van der Waals surface area contributed by atoms with E-state index in [0.717, 1.165) is 21.3 Å². The van der Waals surface area contributed by atoms with Crippen LogP contribution in [0.5, 0.6) is 0 Å². The monoisotopic (exact) mass is 918 g/mol. The number of amides is 2. The minimum atomic E-state index is -0.647. The lowest BCUT2D eigenvalue weighted by Crippen LogP contribution is -2.43. The number of nitrogens with two attached hydrogens (primary N) is 2. The second kappa shape index (κ2) is 22.2. The van der Waals surface area contributed by atoms with Crippen LogP contribution >= 0.6 is 0 Å². The second-order valence-electron chi connectivity index (χ2n) is 16.2. The van der Waals surface area contributed by atoms with Gasteiger partial charge in [0.05, 0.1) is 24.2 Å². The first-order valence-corrected chi connectivity index (χ1v) is 22.1. The number of nitrogens with zero attached hydrogens (tertiary/aromatic N) is 6. The van der Waals surface area contributed by atoms with E-state index in [1.54, 1.807) is 49.4 Å². The average molecular weight is 919 g/mol. The van der Waals surface area contributed by atoms with Crippen LogP contribution in [0.2, 0.25) is 0 Å². The molecule has 0 atom stereocenters. The molecule has 0 saturated heterocycles. The van der Waals surface area contributed by atoms with Crippen molar-refractivity contribution in [2.75, 3.05) is 35.2 Å². The number of aliphatic hydroxyl groups excluding tert-OH is 1. The topological polar surface area (TPSA) is 259 Å². The van der Waals surface area contributed by atoms with Crippen LogP contribution in [0.1, 0.15) is 44.8 Å². The fourth-order valence-electron chi connectivity index (χ4n) is 7.67. The molecule has 7 aromatic rings. The number of aliphatic hydroxyl groups is 1. The summed E-state index contributed by atoms with van der Waals surface area (Å²) in [5.41, 5.74) is 17.1. The van der Waals surface area contributed by atoms with Gasteiger partial charge in [-0.2, -0.15) is 0 Å². The van der Waals surface area contributed by atoms with Gasteiger partial charge in [0, 0.05) is 57.1 Å². The van der Waals surface area contributed by atoms with Crippen LogP contribution in [0.3, 0.4) is 0 Å². The lowest BCUT2D eigenvalue weighted by molar-refractivity contribution is -0.122. The van der Waals surface area contributed by atoms with E-state index in [-0.39, 0.29) is 50.0 Å². The van der Waals surface area contributed by atoms with Gasteiger partial charge in [-0.3, -0.25) is 23.7 Å². The van der Waals surface area contributed by atoms with Gasteiger partial charge in [-0.05, 0) is 71.3 Å². The molecule has 0 fully saturated rings. The Kier molecular flexibility index (Phi) is 15.5. The third-order valence-corrected chi connectivity index (χ3v) is 11.4. The largest absolute Gasteiger partial charge is 0.392 e. The molecular weight excluding hydrogens is 865 g/mol. The van der Waals surface area contributed by atoms with Crippen molar-refractivity contribution >= 4 is 35.0 Å².